The van der Waals surface area contributed by atoms with Crippen molar-refractivity contribution in [3.63, 3.8) is 0 Å². The fraction of sp³-hybridized carbons (Fsp3) is 0.286. The van der Waals surface area contributed by atoms with Gasteiger partial charge in [-0.25, -0.2) is 4.98 Å². The van der Waals surface area contributed by atoms with Gasteiger partial charge >= 0.3 is 0 Å². The van der Waals surface area contributed by atoms with Gasteiger partial charge in [0.05, 0.1) is 11.6 Å². The maximum atomic E-state index is 8.98. The molecule has 3 nitrogen and oxygen atoms in total. The first kappa shape index (κ1) is 13.9. The Morgan fingerprint density at radius 2 is 2.37 bits per heavy atom. The summed E-state index contributed by atoms with van der Waals surface area (Å²) in [7, 11) is 0. The average molecular weight is 292 g/mol. The van der Waals surface area contributed by atoms with Crippen LogP contribution in [-0.4, -0.2) is 4.98 Å². The molecule has 0 radical (unpaired) electrons. The molecule has 1 atom stereocenters. The number of hydrogen-bond acceptors (Lipinski definition) is 4. The summed E-state index contributed by atoms with van der Waals surface area (Å²) < 4.78 is 0. The van der Waals surface area contributed by atoms with E-state index in [-0.39, 0.29) is 6.04 Å². The molecule has 19 heavy (non-hydrogen) atoms. The zero-order valence-electron chi connectivity index (χ0n) is 10.6. The lowest BCUT2D eigenvalue weighted by atomic mass is 10.1. The van der Waals surface area contributed by atoms with Gasteiger partial charge in [0.15, 0.2) is 0 Å². The van der Waals surface area contributed by atoms with Crippen LogP contribution in [-0.2, 0) is 0 Å². The van der Waals surface area contributed by atoms with Crippen molar-refractivity contribution in [2.75, 3.05) is 5.32 Å². The second-order valence-corrected chi connectivity index (χ2v) is 5.49. The summed E-state index contributed by atoms with van der Waals surface area (Å²) in [6.45, 7) is 2.14. The van der Waals surface area contributed by atoms with E-state index in [0.717, 1.165) is 12.8 Å². The molecule has 2 rings (SSSR count). The largest absolute Gasteiger partial charge is 0.361 e. The Hall–Kier alpha value is -1.57. The third kappa shape index (κ3) is 3.25. The molecule has 98 valence electrons. The molecule has 0 aliphatic rings. The Bertz CT molecular complexity index is 575. The summed E-state index contributed by atoms with van der Waals surface area (Å²) in [5, 5.41) is 14.8. The third-order valence-electron chi connectivity index (χ3n) is 2.78. The first-order valence-electron chi connectivity index (χ1n) is 6.10. The van der Waals surface area contributed by atoms with E-state index in [9.17, 15) is 0 Å². The molecule has 0 saturated carbocycles. The van der Waals surface area contributed by atoms with Crippen LogP contribution in [0.15, 0.2) is 29.8 Å². The van der Waals surface area contributed by atoms with Gasteiger partial charge in [0.2, 0.25) is 0 Å². The van der Waals surface area contributed by atoms with Crippen molar-refractivity contribution >= 4 is 28.8 Å². The van der Waals surface area contributed by atoms with E-state index < -0.39 is 0 Å². The highest BCUT2D eigenvalue weighted by atomic mass is 35.5. The van der Waals surface area contributed by atoms with Crippen LogP contribution in [0.5, 0.6) is 0 Å². The Morgan fingerprint density at radius 1 is 1.53 bits per heavy atom. The molecule has 0 fully saturated rings. The van der Waals surface area contributed by atoms with Gasteiger partial charge in [0, 0.05) is 11.1 Å². The smallest absolute Gasteiger partial charge is 0.146 e. The predicted octanol–water partition coefficient (Wildman–Crippen LogP) is 4.62. The number of nitrogens with one attached hydrogen (secondary N) is 1. The predicted molar refractivity (Wildman–Crippen MR) is 79.6 cm³/mol. The van der Waals surface area contributed by atoms with Gasteiger partial charge in [-0.1, -0.05) is 31.0 Å². The molecule has 0 saturated heterocycles. The van der Waals surface area contributed by atoms with Gasteiger partial charge in [-0.15, -0.1) is 11.3 Å². The molecule has 0 aromatic carbocycles. The van der Waals surface area contributed by atoms with Crippen molar-refractivity contribution in [2.24, 2.45) is 0 Å². The molecule has 0 spiro atoms. The third-order valence-corrected chi connectivity index (χ3v) is 4.15. The molecule has 2 heterocycles. The zero-order valence-corrected chi connectivity index (χ0v) is 12.1. The highest BCUT2D eigenvalue weighted by Gasteiger charge is 2.15. The Labute approximate surface area is 121 Å². The van der Waals surface area contributed by atoms with E-state index in [1.807, 2.05) is 6.07 Å². The Kier molecular flexibility index (Phi) is 4.78. The standard InChI is InChI=1S/C14H14ClN3S/c1-2-4-11(12-5-3-8-19-12)18-14-13(15)10(9-16)6-7-17-14/h3,5-8,11H,2,4H2,1H3,(H,17,18). The van der Waals surface area contributed by atoms with E-state index in [1.54, 1.807) is 23.6 Å². The molecular weight excluding hydrogens is 278 g/mol. The van der Waals surface area contributed by atoms with Gasteiger partial charge < -0.3 is 5.32 Å². The molecule has 5 heteroatoms. The van der Waals surface area contributed by atoms with E-state index >= 15 is 0 Å². The van der Waals surface area contributed by atoms with E-state index in [4.69, 9.17) is 16.9 Å². The van der Waals surface area contributed by atoms with Gasteiger partial charge in [-0.3, -0.25) is 0 Å². The van der Waals surface area contributed by atoms with Gasteiger partial charge in [-0.2, -0.15) is 5.26 Å². The number of nitriles is 1. The molecule has 1 N–H and O–H groups in total. The maximum absolute atomic E-state index is 8.98. The second kappa shape index (κ2) is 6.55. The molecule has 2 aromatic rings. The summed E-state index contributed by atoms with van der Waals surface area (Å²) in [6, 6.07) is 8.00. The highest BCUT2D eigenvalue weighted by Crippen LogP contribution is 2.30. The summed E-state index contributed by atoms with van der Waals surface area (Å²) in [6.07, 6.45) is 3.66. The normalized spacial score (nSPS) is 11.8. The van der Waals surface area contributed by atoms with Gasteiger partial charge in [0.1, 0.15) is 16.9 Å². The number of anilines is 1. The van der Waals surface area contributed by atoms with Crippen LogP contribution in [0.25, 0.3) is 0 Å². The van der Waals surface area contributed by atoms with Crippen molar-refractivity contribution in [1.29, 1.82) is 5.26 Å². The highest BCUT2D eigenvalue weighted by molar-refractivity contribution is 7.10. The number of hydrogen-bond donors (Lipinski definition) is 1. The van der Waals surface area contributed by atoms with Crippen LogP contribution in [0.1, 0.15) is 36.2 Å². The molecular formula is C14H14ClN3S. The molecule has 0 aliphatic carbocycles. The fourth-order valence-corrected chi connectivity index (χ4v) is 2.88. The SMILES string of the molecule is CCCC(Nc1nccc(C#N)c1Cl)c1cccs1. The lowest BCUT2D eigenvalue weighted by Gasteiger charge is -2.18. The molecule has 0 bridgehead atoms. The molecule has 0 aliphatic heterocycles. The van der Waals surface area contributed by atoms with Crippen molar-refractivity contribution in [3.8, 4) is 6.07 Å². The monoisotopic (exact) mass is 291 g/mol. The molecule has 1 unspecified atom stereocenters. The van der Waals surface area contributed by atoms with Crippen LogP contribution >= 0.6 is 22.9 Å². The number of pyridine rings is 1. The van der Waals surface area contributed by atoms with Gasteiger partial charge in [-0.05, 0) is 23.9 Å². The quantitative estimate of drug-likeness (QED) is 0.874. The van der Waals surface area contributed by atoms with E-state index in [2.05, 4.69) is 34.7 Å². The number of rotatable bonds is 5. The van der Waals surface area contributed by atoms with Crippen molar-refractivity contribution in [1.82, 2.24) is 4.98 Å². The minimum Gasteiger partial charge on any atom is -0.361 e. The molecule has 2 aromatic heterocycles. The molecule has 0 amide bonds. The number of thiophene rings is 1. The fourth-order valence-electron chi connectivity index (χ4n) is 1.86. The summed E-state index contributed by atoms with van der Waals surface area (Å²) in [5.41, 5.74) is 0.445. The topological polar surface area (TPSA) is 48.7 Å². The van der Waals surface area contributed by atoms with Crippen LogP contribution in [0, 0.1) is 11.3 Å². The lowest BCUT2D eigenvalue weighted by Crippen LogP contribution is -2.11. The maximum Gasteiger partial charge on any atom is 0.146 e. The first-order chi connectivity index (χ1) is 9.26. The minimum absolute atomic E-state index is 0.184. The first-order valence-corrected chi connectivity index (χ1v) is 7.36. The van der Waals surface area contributed by atoms with Crippen LogP contribution < -0.4 is 5.32 Å². The van der Waals surface area contributed by atoms with Crippen molar-refractivity contribution in [2.45, 2.75) is 25.8 Å². The second-order valence-electron chi connectivity index (χ2n) is 4.13. The Balaban J connectivity index is 2.25. The van der Waals surface area contributed by atoms with E-state index in [0.29, 0.717) is 16.4 Å². The summed E-state index contributed by atoms with van der Waals surface area (Å²) >= 11 is 7.88. The van der Waals surface area contributed by atoms with Crippen LogP contribution in [0.2, 0.25) is 5.02 Å². The van der Waals surface area contributed by atoms with Crippen molar-refractivity contribution < 1.29 is 0 Å². The average Bonchev–Trinajstić information content (AvgIpc) is 2.94. The van der Waals surface area contributed by atoms with E-state index in [1.165, 1.54) is 4.88 Å². The Morgan fingerprint density at radius 3 is 3.00 bits per heavy atom. The lowest BCUT2D eigenvalue weighted by molar-refractivity contribution is 0.684. The minimum atomic E-state index is 0.184. The summed E-state index contributed by atoms with van der Waals surface area (Å²) in [5.74, 6) is 0.576. The number of halogens is 1. The van der Waals surface area contributed by atoms with Crippen LogP contribution in [0.3, 0.4) is 0 Å². The summed E-state index contributed by atoms with van der Waals surface area (Å²) in [4.78, 5) is 5.48. The number of nitrogens with zero attached hydrogens (tertiary/aromatic N) is 2. The van der Waals surface area contributed by atoms with Gasteiger partial charge in [0.25, 0.3) is 0 Å². The van der Waals surface area contributed by atoms with Crippen molar-refractivity contribution in [3.05, 3.63) is 45.2 Å². The zero-order chi connectivity index (χ0) is 13.7. The number of aromatic nitrogens is 1. The van der Waals surface area contributed by atoms with Crippen LogP contribution in [0.4, 0.5) is 5.82 Å².